The second-order valence-corrected chi connectivity index (χ2v) is 6.79. The molecule has 0 spiro atoms. The third-order valence-electron chi connectivity index (χ3n) is 3.58. The first-order valence-electron chi connectivity index (χ1n) is 6.68. The number of nitrogens with one attached hydrogen (secondary N) is 2. The van der Waals surface area contributed by atoms with Gasteiger partial charge in [0.05, 0.1) is 18.9 Å². The molecule has 0 saturated carbocycles. The predicted molar refractivity (Wildman–Crippen MR) is 86.2 cm³/mol. The van der Waals surface area contributed by atoms with E-state index in [0.29, 0.717) is 0 Å². The van der Waals surface area contributed by atoms with Crippen LogP contribution in [-0.4, -0.2) is 38.3 Å². The average molecular weight is 407 g/mol. The molecule has 2 N–H and O–H groups in total. The Morgan fingerprint density at radius 2 is 1.85 bits per heavy atom. The van der Waals surface area contributed by atoms with E-state index in [1.54, 1.807) is 0 Å². The molecule has 4 nitrogen and oxygen atoms in total. The SMILES string of the molecule is Cc1cc(Br)c(NC(=O)[C@@H](C)[NH+]2CCOCC2)c(Br)c1. The molecule has 2 rings (SSSR count). The minimum atomic E-state index is -0.0843. The molecule has 1 amide bonds. The number of benzene rings is 1. The maximum Gasteiger partial charge on any atom is 0.282 e. The number of aryl methyl sites for hydroxylation is 1. The van der Waals surface area contributed by atoms with Crippen LogP contribution in [0.25, 0.3) is 0 Å². The summed E-state index contributed by atoms with van der Waals surface area (Å²) in [5.41, 5.74) is 1.92. The van der Waals surface area contributed by atoms with Crippen molar-refractivity contribution in [3.8, 4) is 0 Å². The Morgan fingerprint density at radius 3 is 2.40 bits per heavy atom. The van der Waals surface area contributed by atoms with Crippen LogP contribution in [0.4, 0.5) is 5.69 Å². The highest BCUT2D eigenvalue weighted by molar-refractivity contribution is 9.11. The molecule has 1 aliphatic rings. The topological polar surface area (TPSA) is 42.8 Å². The van der Waals surface area contributed by atoms with Crippen molar-refractivity contribution in [1.82, 2.24) is 0 Å². The molecule has 1 aromatic rings. The van der Waals surface area contributed by atoms with Crippen molar-refractivity contribution in [1.29, 1.82) is 0 Å². The highest BCUT2D eigenvalue weighted by Crippen LogP contribution is 2.32. The van der Waals surface area contributed by atoms with Gasteiger partial charge in [-0.1, -0.05) is 0 Å². The maximum atomic E-state index is 12.4. The quantitative estimate of drug-likeness (QED) is 0.803. The zero-order valence-electron chi connectivity index (χ0n) is 11.6. The largest absolute Gasteiger partial charge is 0.370 e. The lowest BCUT2D eigenvalue weighted by atomic mass is 10.2. The average Bonchev–Trinajstić information content (AvgIpc) is 2.42. The molecule has 1 aliphatic heterocycles. The second-order valence-electron chi connectivity index (χ2n) is 5.09. The molecule has 1 atom stereocenters. The van der Waals surface area contributed by atoms with E-state index in [4.69, 9.17) is 4.74 Å². The molecular weight excluding hydrogens is 388 g/mol. The number of rotatable bonds is 3. The molecule has 0 radical (unpaired) electrons. The van der Waals surface area contributed by atoms with Crippen molar-refractivity contribution < 1.29 is 14.4 Å². The van der Waals surface area contributed by atoms with E-state index in [1.165, 1.54) is 4.90 Å². The molecule has 6 heteroatoms. The Hall–Kier alpha value is -0.430. The Kier molecular flexibility index (Phi) is 5.60. The molecule has 1 heterocycles. The van der Waals surface area contributed by atoms with Crippen LogP contribution in [0.2, 0.25) is 0 Å². The van der Waals surface area contributed by atoms with Gasteiger partial charge in [0.1, 0.15) is 13.1 Å². The van der Waals surface area contributed by atoms with Crippen molar-refractivity contribution in [2.45, 2.75) is 19.9 Å². The van der Waals surface area contributed by atoms with Crippen LogP contribution >= 0.6 is 31.9 Å². The van der Waals surface area contributed by atoms with E-state index in [-0.39, 0.29) is 11.9 Å². The predicted octanol–water partition coefficient (Wildman–Crippen LogP) is 1.76. The van der Waals surface area contributed by atoms with Gasteiger partial charge in [-0.2, -0.15) is 0 Å². The molecular formula is C14H19Br2N2O2+. The number of morpholine rings is 1. The molecule has 0 aliphatic carbocycles. The van der Waals surface area contributed by atoms with Gasteiger partial charge in [0.2, 0.25) is 0 Å². The first-order valence-corrected chi connectivity index (χ1v) is 8.26. The minimum absolute atomic E-state index is 0.0344. The number of anilines is 1. The highest BCUT2D eigenvalue weighted by atomic mass is 79.9. The van der Waals surface area contributed by atoms with Crippen molar-refractivity contribution in [3.63, 3.8) is 0 Å². The van der Waals surface area contributed by atoms with Gasteiger partial charge in [-0.15, -0.1) is 0 Å². The number of halogens is 2. The van der Waals surface area contributed by atoms with E-state index >= 15 is 0 Å². The summed E-state index contributed by atoms with van der Waals surface area (Å²) in [6, 6.07) is 3.90. The third kappa shape index (κ3) is 3.81. The lowest BCUT2D eigenvalue weighted by Crippen LogP contribution is -3.18. The summed E-state index contributed by atoms with van der Waals surface area (Å²) in [5, 5.41) is 3.01. The van der Waals surface area contributed by atoms with E-state index in [0.717, 1.165) is 46.5 Å². The Morgan fingerprint density at radius 1 is 1.30 bits per heavy atom. The van der Waals surface area contributed by atoms with Crippen LogP contribution in [0, 0.1) is 6.92 Å². The van der Waals surface area contributed by atoms with Crippen LogP contribution in [0.1, 0.15) is 12.5 Å². The number of quaternary nitrogens is 1. The van der Waals surface area contributed by atoms with E-state index in [9.17, 15) is 4.79 Å². The molecule has 110 valence electrons. The fraction of sp³-hybridized carbons (Fsp3) is 0.500. The number of hydrogen-bond donors (Lipinski definition) is 2. The van der Waals surface area contributed by atoms with Gasteiger partial charge in [0.15, 0.2) is 6.04 Å². The van der Waals surface area contributed by atoms with Crippen LogP contribution in [0.3, 0.4) is 0 Å². The molecule has 1 aromatic carbocycles. The Labute approximate surface area is 136 Å². The number of amides is 1. The standard InChI is InChI=1S/C14H18Br2N2O2/c1-9-7-11(15)13(12(16)8-9)17-14(19)10(2)18-3-5-20-6-4-18/h7-8,10H,3-6H2,1-2H3,(H,17,19)/p+1/t10-/m1/s1. The van der Waals surface area contributed by atoms with Gasteiger partial charge in [-0.05, 0) is 63.4 Å². The molecule has 0 aromatic heterocycles. The Balaban J connectivity index is 2.07. The van der Waals surface area contributed by atoms with Crippen molar-refractivity contribution >= 4 is 43.5 Å². The second kappa shape index (κ2) is 7.02. The fourth-order valence-corrected chi connectivity index (χ4v) is 3.92. The molecule has 20 heavy (non-hydrogen) atoms. The van der Waals surface area contributed by atoms with Crippen molar-refractivity contribution in [2.24, 2.45) is 0 Å². The van der Waals surface area contributed by atoms with Gasteiger partial charge in [0, 0.05) is 8.95 Å². The minimum Gasteiger partial charge on any atom is -0.370 e. The number of ether oxygens (including phenoxy) is 1. The highest BCUT2D eigenvalue weighted by Gasteiger charge is 2.27. The molecule has 1 saturated heterocycles. The zero-order valence-corrected chi connectivity index (χ0v) is 14.8. The van der Waals surface area contributed by atoms with E-state index < -0.39 is 0 Å². The summed E-state index contributed by atoms with van der Waals surface area (Å²) in [6.45, 7) is 7.19. The first kappa shape index (κ1) is 15.9. The van der Waals surface area contributed by atoms with Crippen LogP contribution in [0.5, 0.6) is 0 Å². The maximum absolute atomic E-state index is 12.4. The van der Waals surface area contributed by atoms with Crippen LogP contribution < -0.4 is 10.2 Å². The lowest BCUT2D eigenvalue weighted by molar-refractivity contribution is -0.921. The summed E-state index contributed by atoms with van der Waals surface area (Å²) < 4.78 is 7.11. The van der Waals surface area contributed by atoms with Gasteiger partial charge in [-0.3, -0.25) is 4.79 Å². The zero-order chi connectivity index (χ0) is 14.7. The van der Waals surface area contributed by atoms with Crippen molar-refractivity contribution in [3.05, 3.63) is 26.6 Å². The molecule has 0 unspecified atom stereocenters. The van der Waals surface area contributed by atoms with Gasteiger partial charge in [0.25, 0.3) is 5.91 Å². The van der Waals surface area contributed by atoms with Crippen LogP contribution in [-0.2, 0) is 9.53 Å². The normalized spacial score (nSPS) is 17.8. The summed E-state index contributed by atoms with van der Waals surface area (Å²) in [5.74, 6) is 0.0344. The number of carbonyl (C=O) groups excluding carboxylic acids is 1. The van der Waals surface area contributed by atoms with E-state index in [2.05, 4.69) is 37.2 Å². The van der Waals surface area contributed by atoms with Gasteiger partial charge >= 0.3 is 0 Å². The van der Waals surface area contributed by atoms with Crippen molar-refractivity contribution in [2.75, 3.05) is 31.6 Å². The molecule has 0 bridgehead atoms. The summed E-state index contributed by atoms with van der Waals surface area (Å²) in [6.07, 6.45) is 0. The lowest BCUT2D eigenvalue weighted by Gasteiger charge is -2.28. The summed E-state index contributed by atoms with van der Waals surface area (Å²) >= 11 is 7.00. The number of hydrogen-bond acceptors (Lipinski definition) is 2. The summed E-state index contributed by atoms with van der Waals surface area (Å²) in [7, 11) is 0. The van der Waals surface area contributed by atoms with Gasteiger partial charge in [-0.25, -0.2) is 0 Å². The first-order chi connectivity index (χ1) is 9.49. The van der Waals surface area contributed by atoms with Crippen LogP contribution in [0.15, 0.2) is 21.1 Å². The smallest absolute Gasteiger partial charge is 0.282 e. The number of carbonyl (C=O) groups is 1. The monoisotopic (exact) mass is 405 g/mol. The third-order valence-corrected chi connectivity index (χ3v) is 4.83. The summed E-state index contributed by atoms with van der Waals surface area (Å²) in [4.78, 5) is 13.7. The Bertz CT molecular complexity index is 479. The molecule has 1 fully saturated rings. The van der Waals surface area contributed by atoms with E-state index in [1.807, 2.05) is 26.0 Å². The van der Waals surface area contributed by atoms with Gasteiger partial charge < -0.3 is 15.0 Å². The fourth-order valence-electron chi connectivity index (χ4n) is 2.30.